The van der Waals surface area contributed by atoms with E-state index in [2.05, 4.69) is 48.3 Å². The predicted octanol–water partition coefficient (Wildman–Crippen LogP) is 2.91. The van der Waals surface area contributed by atoms with Crippen molar-refractivity contribution in [3.05, 3.63) is 6.33 Å². The Hall–Kier alpha value is -1.52. The summed E-state index contributed by atoms with van der Waals surface area (Å²) in [5.74, 6) is 2.15. The number of hydrogen-bond acceptors (Lipinski definition) is 5. The number of hydrogen-bond donors (Lipinski definition) is 2. The Balaban J connectivity index is 2.97. The van der Waals surface area contributed by atoms with Gasteiger partial charge in [-0.2, -0.15) is 0 Å². The van der Waals surface area contributed by atoms with Gasteiger partial charge in [-0.3, -0.25) is 0 Å². The minimum absolute atomic E-state index is 0.0241. The molecule has 18 heavy (non-hydrogen) atoms. The fourth-order valence-electron chi connectivity index (χ4n) is 1.43. The van der Waals surface area contributed by atoms with Crippen molar-refractivity contribution >= 4 is 11.6 Å². The lowest BCUT2D eigenvalue weighted by atomic mass is 10.0. The molecule has 0 unspecified atom stereocenters. The second kappa shape index (κ2) is 6.42. The van der Waals surface area contributed by atoms with Crippen LogP contribution in [-0.2, 0) is 0 Å². The molecule has 0 aliphatic carbocycles. The van der Waals surface area contributed by atoms with Gasteiger partial charge in [-0.15, -0.1) is 0 Å². The van der Waals surface area contributed by atoms with E-state index >= 15 is 0 Å². The van der Waals surface area contributed by atoms with E-state index in [9.17, 15) is 0 Å². The molecule has 0 bridgehead atoms. The van der Waals surface area contributed by atoms with Crippen LogP contribution in [-0.4, -0.2) is 29.2 Å². The molecule has 0 atom stereocenters. The van der Waals surface area contributed by atoms with Gasteiger partial charge >= 0.3 is 0 Å². The lowest BCUT2D eigenvalue weighted by molar-refractivity contribution is 0.411. The zero-order chi connectivity index (χ0) is 13.6. The third kappa shape index (κ3) is 3.75. The van der Waals surface area contributed by atoms with Gasteiger partial charge in [0.15, 0.2) is 11.6 Å². The number of nitrogens with zero attached hydrogens (tertiary/aromatic N) is 2. The Labute approximate surface area is 109 Å². The molecular formula is C13H24N4O. The van der Waals surface area contributed by atoms with Gasteiger partial charge in [0.05, 0.1) is 7.11 Å². The summed E-state index contributed by atoms with van der Waals surface area (Å²) < 4.78 is 5.41. The average Bonchev–Trinajstić information content (AvgIpc) is 2.36. The lowest BCUT2D eigenvalue weighted by Gasteiger charge is -2.26. The summed E-state index contributed by atoms with van der Waals surface area (Å²) in [6, 6.07) is 0. The van der Waals surface area contributed by atoms with Crippen molar-refractivity contribution in [2.24, 2.45) is 0 Å². The van der Waals surface area contributed by atoms with Crippen LogP contribution in [0.3, 0.4) is 0 Å². The molecule has 1 rings (SSSR count). The highest BCUT2D eigenvalue weighted by atomic mass is 16.5. The molecular weight excluding hydrogens is 228 g/mol. The minimum Gasteiger partial charge on any atom is -0.490 e. The molecule has 5 nitrogen and oxygen atoms in total. The van der Waals surface area contributed by atoms with Crippen molar-refractivity contribution in [1.82, 2.24) is 9.97 Å². The first kappa shape index (κ1) is 14.5. The summed E-state index contributed by atoms with van der Waals surface area (Å²) in [4.78, 5) is 8.48. The Bertz CT molecular complexity index is 379. The molecule has 0 aliphatic rings. The zero-order valence-corrected chi connectivity index (χ0v) is 12.0. The molecule has 1 aromatic heterocycles. The van der Waals surface area contributed by atoms with Crippen LogP contribution in [0.4, 0.5) is 11.6 Å². The van der Waals surface area contributed by atoms with Crippen LogP contribution in [0.2, 0.25) is 0 Å². The second-order valence-corrected chi connectivity index (χ2v) is 4.89. The fourth-order valence-corrected chi connectivity index (χ4v) is 1.43. The fraction of sp³-hybridized carbons (Fsp3) is 0.692. The Morgan fingerprint density at radius 1 is 1.22 bits per heavy atom. The van der Waals surface area contributed by atoms with Gasteiger partial charge in [-0.25, -0.2) is 9.97 Å². The topological polar surface area (TPSA) is 59.1 Å². The first-order valence-electron chi connectivity index (χ1n) is 6.45. The molecule has 0 saturated heterocycles. The van der Waals surface area contributed by atoms with Crippen LogP contribution < -0.4 is 15.4 Å². The van der Waals surface area contributed by atoms with Gasteiger partial charge in [-0.05, 0) is 26.7 Å². The molecule has 0 spiro atoms. The summed E-state index contributed by atoms with van der Waals surface area (Å²) >= 11 is 0. The van der Waals surface area contributed by atoms with E-state index in [4.69, 9.17) is 4.74 Å². The minimum atomic E-state index is -0.0241. The maximum absolute atomic E-state index is 5.41. The maximum Gasteiger partial charge on any atom is 0.204 e. The highest BCUT2D eigenvalue weighted by molar-refractivity contribution is 5.64. The van der Waals surface area contributed by atoms with Gasteiger partial charge in [0.2, 0.25) is 5.75 Å². The van der Waals surface area contributed by atoms with Crippen LogP contribution >= 0.6 is 0 Å². The monoisotopic (exact) mass is 252 g/mol. The van der Waals surface area contributed by atoms with Crippen LogP contribution in [0, 0.1) is 0 Å². The van der Waals surface area contributed by atoms with Gasteiger partial charge in [-0.1, -0.05) is 13.8 Å². The SMILES string of the molecule is CCCNc1ncnc(NC(C)(C)CC)c1OC. The van der Waals surface area contributed by atoms with Gasteiger partial charge in [0.1, 0.15) is 6.33 Å². The van der Waals surface area contributed by atoms with E-state index in [0.29, 0.717) is 5.75 Å². The van der Waals surface area contributed by atoms with Crippen LogP contribution in [0.1, 0.15) is 40.5 Å². The van der Waals surface area contributed by atoms with Crippen molar-refractivity contribution in [2.75, 3.05) is 24.3 Å². The lowest BCUT2D eigenvalue weighted by Crippen LogP contribution is -2.30. The smallest absolute Gasteiger partial charge is 0.204 e. The third-order valence-corrected chi connectivity index (χ3v) is 2.89. The Kier molecular flexibility index (Phi) is 5.19. The number of rotatable bonds is 7. The van der Waals surface area contributed by atoms with Crippen LogP contribution in [0.15, 0.2) is 6.33 Å². The number of anilines is 2. The van der Waals surface area contributed by atoms with Crippen molar-refractivity contribution in [1.29, 1.82) is 0 Å². The predicted molar refractivity (Wildman–Crippen MR) is 75.4 cm³/mol. The molecule has 0 amide bonds. The van der Waals surface area contributed by atoms with Crippen molar-refractivity contribution in [3.8, 4) is 5.75 Å². The van der Waals surface area contributed by atoms with Gasteiger partial charge < -0.3 is 15.4 Å². The molecule has 0 aliphatic heterocycles. The van der Waals surface area contributed by atoms with E-state index in [0.717, 1.165) is 31.0 Å². The van der Waals surface area contributed by atoms with E-state index < -0.39 is 0 Å². The second-order valence-electron chi connectivity index (χ2n) is 4.89. The van der Waals surface area contributed by atoms with Crippen molar-refractivity contribution in [2.45, 2.75) is 46.1 Å². The highest BCUT2D eigenvalue weighted by Gasteiger charge is 2.19. The standard InChI is InChI=1S/C13H24N4O/c1-6-8-14-11-10(18-5)12(16-9-15-11)17-13(3,4)7-2/h9H,6-8H2,1-5H3,(H2,14,15,16,17). The third-order valence-electron chi connectivity index (χ3n) is 2.89. The molecule has 2 N–H and O–H groups in total. The average molecular weight is 252 g/mol. The summed E-state index contributed by atoms with van der Waals surface area (Å²) in [6.07, 6.45) is 3.59. The normalized spacial score (nSPS) is 11.2. The van der Waals surface area contributed by atoms with E-state index in [1.54, 1.807) is 13.4 Å². The highest BCUT2D eigenvalue weighted by Crippen LogP contribution is 2.31. The van der Waals surface area contributed by atoms with Crippen molar-refractivity contribution in [3.63, 3.8) is 0 Å². The number of methoxy groups -OCH3 is 1. The molecule has 0 saturated carbocycles. The molecule has 1 heterocycles. The number of nitrogens with one attached hydrogen (secondary N) is 2. The number of ether oxygens (including phenoxy) is 1. The number of aromatic nitrogens is 2. The summed E-state index contributed by atoms with van der Waals surface area (Å²) in [6.45, 7) is 9.38. The molecule has 1 aromatic rings. The Morgan fingerprint density at radius 2 is 1.89 bits per heavy atom. The van der Waals surface area contributed by atoms with E-state index in [-0.39, 0.29) is 5.54 Å². The van der Waals surface area contributed by atoms with E-state index in [1.807, 2.05) is 0 Å². The zero-order valence-electron chi connectivity index (χ0n) is 12.0. The van der Waals surface area contributed by atoms with E-state index in [1.165, 1.54) is 0 Å². The molecule has 0 fully saturated rings. The molecule has 5 heteroatoms. The van der Waals surface area contributed by atoms with Gasteiger partial charge in [0, 0.05) is 12.1 Å². The Morgan fingerprint density at radius 3 is 2.44 bits per heavy atom. The molecule has 102 valence electrons. The summed E-state index contributed by atoms with van der Waals surface area (Å²) in [5.41, 5.74) is -0.0241. The van der Waals surface area contributed by atoms with Crippen LogP contribution in [0.5, 0.6) is 5.75 Å². The largest absolute Gasteiger partial charge is 0.490 e. The first-order chi connectivity index (χ1) is 8.54. The molecule has 0 aromatic carbocycles. The summed E-state index contributed by atoms with van der Waals surface area (Å²) in [5, 5.41) is 6.63. The van der Waals surface area contributed by atoms with Gasteiger partial charge in [0.25, 0.3) is 0 Å². The quantitative estimate of drug-likeness (QED) is 0.781. The summed E-state index contributed by atoms with van der Waals surface area (Å²) in [7, 11) is 1.64. The molecule has 0 radical (unpaired) electrons. The van der Waals surface area contributed by atoms with Crippen molar-refractivity contribution < 1.29 is 4.74 Å². The van der Waals surface area contributed by atoms with Crippen LogP contribution in [0.25, 0.3) is 0 Å². The maximum atomic E-state index is 5.41. The first-order valence-corrected chi connectivity index (χ1v) is 6.45.